The molecular weight excluding hydrogens is 387 g/mol. The number of carbonyl (C=O) groups excluding carboxylic acids is 1. The van der Waals surface area contributed by atoms with E-state index in [0.717, 1.165) is 12.1 Å². The molecule has 1 saturated heterocycles. The molecule has 1 N–H and O–H groups in total. The molecule has 1 aliphatic heterocycles. The van der Waals surface area contributed by atoms with Gasteiger partial charge in [0, 0.05) is 19.1 Å². The van der Waals surface area contributed by atoms with Crippen LogP contribution in [-0.4, -0.2) is 25.7 Å². The molecule has 0 bridgehead atoms. The summed E-state index contributed by atoms with van der Waals surface area (Å²) in [5, 5.41) is 2.60. The Bertz CT molecular complexity index is 831. The third kappa shape index (κ3) is 5.63. The van der Waals surface area contributed by atoms with Gasteiger partial charge >= 0.3 is 6.18 Å². The summed E-state index contributed by atoms with van der Waals surface area (Å²) in [6.45, 7) is 3.29. The molecule has 3 rings (SSSR count). The molecule has 29 heavy (non-hydrogen) atoms. The molecule has 2 aromatic rings. The first-order chi connectivity index (χ1) is 13.9. The van der Waals surface area contributed by atoms with Gasteiger partial charge < -0.3 is 19.5 Å². The Kier molecular flexibility index (Phi) is 6.64. The molecule has 2 aromatic carbocycles. The first-order valence-electron chi connectivity index (χ1n) is 9.37. The van der Waals surface area contributed by atoms with Crippen molar-refractivity contribution in [1.29, 1.82) is 0 Å². The molecule has 156 valence electrons. The van der Waals surface area contributed by atoms with Gasteiger partial charge in [0.05, 0.1) is 17.9 Å². The van der Waals surface area contributed by atoms with Crippen LogP contribution in [0, 0.1) is 5.92 Å². The van der Waals surface area contributed by atoms with E-state index in [9.17, 15) is 18.0 Å². The number of ether oxygens (including phenoxy) is 3. The number of nitrogens with one attached hydrogen (secondary N) is 1. The Hall–Kier alpha value is -2.74. The maximum absolute atomic E-state index is 13.2. The smallest absolute Gasteiger partial charge is 0.416 e. The molecule has 0 radical (unpaired) electrons. The summed E-state index contributed by atoms with van der Waals surface area (Å²) in [6.07, 6.45) is -3.48. The molecular formula is C21H22F3NO4. The van der Waals surface area contributed by atoms with Crippen molar-refractivity contribution in [2.75, 3.05) is 25.1 Å². The van der Waals surface area contributed by atoms with Crippen LogP contribution in [0.25, 0.3) is 0 Å². The van der Waals surface area contributed by atoms with E-state index in [0.29, 0.717) is 44.2 Å². The van der Waals surface area contributed by atoms with E-state index in [1.54, 1.807) is 24.3 Å². The minimum absolute atomic E-state index is 0.0230. The lowest BCUT2D eigenvalue weighted by Crippen LogP contribution is -2.28. The lowest BCUT2D eigenvalue weighted by Gasteiger charge is -2.22. The van der Waals surface area contributed by atoms with Crippen LogP contribution in [0.4, 0.5) is 18.9 Å². The van der Waals surface area contributed by atoms with Gasteiger partial charge in [-0.25, -0.2) is 0 Å². The van der Waals surface area contributed by atoms with Crippen LogP contribution < -0.4 is 14.8 Å². The van der Waals surface area contributed by atoms with Crippen molar-refractivity contribution in [2.24, 2.45) is 5.92 Å². The first-order valence-corrected chi connectivity index (χ1v) is 9.37. The number of hydrogen-bond donors (Lipinski definition) is 1. The topological polar surface area (TPSA) is 56.8 Å². The summed E-state index contributed by atoms with van der Waals surface area (Å²) in [5.74, 6) is 0.540. The summed E-state index contributed by atoms with van der Waals surface area (Å²) >= 11 is 0. The second-order valence-corrected chi connectivity index (χ2v) is 6.59. The second kappa shape index (κ2) is 9.17. The van der Waals surface area contributed by atoms with Crippen molar-refractivity contribution in [3.63, 3.8) is 0 Å². The van der Waals surface area contributed by atoms with Gasteiger partial charge in [-0.05, 0) is 62.2 Å². The average molecular weight is 409 g/mol. The average Bonchev–Trinajstić information content (AvgIpc) is 2.71. The Balaban J connectivity index is 1.83. The number of anilines is 1. The fourth-order valence-electron chi connectivity index (χ4n) is 2.99. The minimum Gasteiger partial charge on any atom is -0.494 e. The highest BCUT2D eigenvalue weighted by Crippen LogP contribution is 2.37. The van der Waals surface area contributed by atoms with Crippen molar-refractivity contribution >= 4 is 11.6 Å². The molecule has 1 aliphatic rings. The normalized spacial score (nSPS) is 15.0. The third-order valence-corrected chi connectivity index (χ3v) is 4.52. The molecule has 1 fully saturated rings. The van der Waals surface area contributed by atoms with Gasteiger partial charge in [0.25, 0.3) is 0 Å². The SMILES string of the molecule is CCOc1ccc(Oc2ccc(C(F)(F)F)cc2NC(=O)C2CCOCC2)cc1. The Morgan fingerprint density at radius 3 is 2.38 bits per heavy atom. The maximum atomic E-state index is 13.2. The standard InChI is InChI=1S/C21H22F3NO4/c1-2-28-16-4-6-17(7-5-16)29-19-8-3-15(21(22,23)24)13-18(19)25-20(26)14-9-11-27-12-10-14/h3-8,13-14H,2,9-12H2,1H3,(H,25,26). The summed E-state index contributed by atoms with van der Waals surface area (Å²) in [6, 6.07) is 9.71. The fraction of sp³-hybridized carbons (Fsp3) is 0.381. The molecule has 1 amide bonds. The van der Waals surface area contributed by atoms with Crippen LogP contribution in [0.1, 0.15) is 25.3 Å². The number of rotatable bonds is 6. The lowest BCUT2D eigenvalue weighted by atomic mass is 9.99. The van der Waals surface area contributed by atoms with Gasteiger partial charge in [-0.3, -0.25) is 4.79 Å². The van der Waals surface area contributed by atoms with Crippen molar-refractivity contribution < 1.29 is 32.2 Å². The fourth-order valence-corrected chi connectivity index (χ4v) is 2.99. The molecule has 0 aromatic heterocycles. The first kappa shape index (κ1) is 21.0. The predicted octanol–water partition coefficient (Wildman–Crippen LogP) is 5.26. The van der Waals surface area contributed by atoms with Crippen molar-refractivity contribution in [3.8, 4) is 17.2 Å². The number of carbonyl (C=O) groups is 1. The van der Waals surface area contributed by atoms with E-state index in [2.05, 4.69) is 5.32 Å². The molecule has 5 nitrogen and oxygen atoms in total. The molecule has 0 saturated carbocycles. The monoisotopic (exact) mass is 409 g/mol. The predicted molar refractivity (Wildman–Crippen MR) is 101 cm³/mol. The molecule has 0 atom stereocenters. The van der Waals surface area contributed by atoms with Gasteiger partial charge in [-0.2, -0.15) is 13.2 Å². The van der Waals surface area contributed by atoms with Gasteiger partial charge in [0.2, 0.25) is 5.91 Å². The van der Waals surface area contributed by atoms with Crippen LogP contribution in [0.2, 0.25) is 0 Å². The van der Waals surface area contributed by atoms with Gasteiger partial charge in [0.15, 0.2) is 5.75 Å². The zero-order valence-corrected chi connectivity index (χ0v) is 15.9. The Labute approximate surface area is 166 Å². The van der Waals surface area contributed by atoms with E-state index in [1.165, 1.54) is 6.07 Å². The lowest BCUT2D eigenvalue weighted by molar-refractivity contribution is -0.137. The zero-order chi connectivity index (χ0) is 20.9. The highest BCUT2D eigenvalue weighted by Gasteiger charge is 2.32. The quantitative estimate of drug-likeness (QED) is 0.707. The number of hydrogen-bond acceptors (Lipinski definition) is 4. The summed E-state index contributed by atoms with van der Waals surface area (Å²) in [4.78, 5) is 12.5. The molecule has 0 spiro atoms. The van der Waals surface area contributed by atoms with Crippen LogP contribution in [0.5, 0.6) is 17.2 Å². The zero-order valence-electron chi connectivity index (χ0n) is 15.9. The van der Waals surface area contributed by atoms with E-state index in [1.807, 2.05) is 6.92 Å². The maximum Gasteiger partial charge on any atom is 0.416 e. The number of amides is 1. The highest BCUT2D eigenvalue weighted by atomic mass is 19.4. The summed E-state index contributed by atoms with van der Waals surface area (Å²) in [7, 11) is 0. The second-order valence-electron chi connectivity index (χ2n) is 6.59. The summed E-state index contributed by atoms with van der Waals surface area (Å²) < 4.78 is 55.8. The number of benzene rings is 2. The van der Waals surface area contributed by atoms with E-state index in [-0.39, 0.29) is 23.3 Å². The minimum atomic E-state index is -4.53. The van der Waals surface area contributed by atoms with Crippen LogP contribution in [-0.2, 0) is 15.7 Å². The van der Waals surface area contributed by atoms with Gasteiger partial charge in [-0.15, -0.1) is 0 Å². The van der Waals surface area contributed by atoms with Crippen molar-refractivity contribution in [2.45, 2.75) is 25.9 Å². The molecule has 8 heteroatoms. The van der Waals surface area contributed by atoms with Crippen LogP contribution in [0.15, 0.2) is 42.5 Å². The van der Waals surface area contributed by atoms with Crippen LogP contribution >= 0.6 is 0 Å². The number of halogens is 3. The van der Waals surface area contributed by atoms with E-state index in [4.69, 9.17) is 14.2 Å². The van der Waals surface area contributed by atoms with Gasteiger partial charge in [-0.1, -0.05) is 0 Å². The largest absolute Gasteiger partial charge is 0.494 e. The Morgan fingerprint density at radius 1 is 1.10 bits per heavy atom. The number of alkyl halides is 3. The molecule has 0 unspecified atom stereocenters. The molecule has 1 heterocycles. The van der Waals surface area contributed by atoms with E-state index >= 15 is 0 Å². The summed E-state index contributed by atoms with van der Waals surface area (Å²) in [5.41, 5.74) is -0.885. The van der Waals surface area contributed by atoms with Crippen molar-refractivity contribution in [1.82, 2.24) is 0 Å². The highest BCUT2D eigenvalue weighted by molar-refractivity contribution is 5.94. The van der Waals surface area contributed by atoms with E-state index < -0.39 is 11.7 Å². The molecule has 0 aliphatic carbocycles. The third-order valence-electron chi connectivity index (χ3n) is 4.52. The Morgan fingerprint density at radius 2 is 1.76 bits per heavy atom. The van der Waals surface area contributed by atoms with Crippen LogP contribution in [0.3, 0.4) is 0 Å². The van der Waals surface area contributed by atoms with Crippen molar-refractivity contribution in [3.05, 3.63) is 48.0 Å². The van der Waals surface area contributed by atoms with Gasteiger partial charge in [0.1, 0.15) is 11.5 Å².